The van der Waals surface area contributed by atoms with Gasteiger partial charge in [-0.1, -0.05) is 48.6 Å². The van der Waals surface area contributed by atoms with Crippen LogP contribution in [-0.4, -0.2) is 39.7 Å². The molecule has 0 aromatic heterocycles. The van der Waals surface area contributed by atoms with Gasteiger partial charge in [0.1, 0.15) is 19.0 Å². The molecule has 0 fully saturated rings. The highest BCUT2D eigenvalue weighted by molar-refractivity contribution is 5.69. The zero-order valence-electron chi connectivity index (χ0n) is 14.9. The molecule has 140 valence electrons. The topological polar surface area (TPSA) is 53.7 Å². The second kappa shape index (κ2) is 12.2. The van der Waals surface area contributed by atoms with Crippen molar-refractivity contribution >= 4 is 12.2 Å². The van der Waals surface area contributed by atoms with E-state index >= 15 is 0 Å². The SMILES string of the molecule is NCc1ccc(/C=C/c2ccc(OCCOCCOCCF)cc2)cc1. The number of hydrogen-bond acceptors (Lipinski definition) is 4. The largest absolute Gasteiger partial charge is 0.491 e. The molecular formula is C21H26FNO3. The van der Waals surface area contributed by atoms with Gasteiger partial charge in [0.2, 0.25) is 0 Å². The molecule has 0 saturated heterocycles. The van der Waals surface area contributed by atoms with Crippen molar-refractivity contribution < 1.29 is 18.6 Å². The lowest BCUT2D eigenvalue weighted by atomic mass is 10.1. The predicted octanol–water partition coefficient (Wildman–Crippen LogP) is 3.70. The van der Waals surface area contributed by atoms with Crippen LogP contribution in [0.4, 0.5) is 4.39 Å². The summed E-state index contributed by atoms with van der Waals surface area (Å²) in [5.41, 5.74) is 8.96. The molecule has 0 heterocycles. The van der Waals surface area contributed by atoms with Gasteiger partial charge in [-0.05, 0) is 28.8 Å². The highest BCUT2D eigenvalue weighted by Gasteiger charge is 1.95. The molecule has 2 aromatic rings. The number of alkyl halides is 1. The Morgan fingerprint density at radius 2 is 1.27 bits per heavy atom. The molecule has 0 unspecified atom stereocenters. The van der Waals surface area contributed by atoms with Crippen LogP contribution in [0.15, 0.2) is 48.5 Å². The fraction of sp³-hybridized carbons (Fsp3) is 0.333. The lowest BCUT2D eigenvalue weighted by Gasteiger charge is -2.07. The van der Waals surface area contributed by atoms with Crippen molar-refractivity contribution in [2.75, 3.05) is 39.7 Å². The minimum absolute atomic E-state index is 0.125. The van der Waals surface area contributed by atoms with Gasteiger partial charge < -0.3 is 19.9 Å². The second-order valence-electron chi connectivity index (χ2n) is 5.61. The molecule has 0 aliphatic rings. The monoisotopic (exact) mass is 359 g/mol. The number of benzene rings is 2. The molecule has 26 heavy (non-hydrogen) atoms. The Bertz CT molecular complexity index is 641. The minimum atomic E-state index is -0.463. The lowest BCUT2D eigenvalue weighted by molar-refractivity contribution is 0.0325. The van der Waals surface area contributed by atoms with Crippen molar-refractivity contribution in [2.45, 2.75) is 6.54 Å². The van der Waals surface area contributed by atoms with Gasteiger partial charge in [-0.25, -0.2) is 4.39 Å². The molecule has 0 aliphatic heterocycles. The minimum Gasteiger partial charge on any atom is -0.491 e. The van der Waals surface area contributed by atoms with E-state index in [0.717, 1.165) is 22.4 Å². The third-order valence-corrected chi connectivity index (χ3v) is 3.65. The van der Waals surface area contributed by atoms with Crippen molar-refractivity contribution in [3.05, 3.63) is 65.2 Å². The Morgan fingerprint density at radius 3 is 1.85 bits per heavy atom. The highest BCUT2D eigenvalue weighted by Crippen LogP contribution is 2.15. The number of halogens is 1. The average Bonchev–Trinajstić information content (AvgIpc) is 2.69. The third-order valence-electron chi connectivity index (χ3n) is 3.65. The van der Waals surface area contributed by atoms with E-state index in [9.17, 15) is 4.39 Å². The molecule has 2 rings (SSSR count). The van der Waals surface area contributed by atoms with Crippen LogP contribution in [0.25, 0.3) is 12.2 Å². The van der Waals surface area contributed by atoms with Crippen LogP contribution < -0.4 is 10.5 Å². The third kappa shape index (κ3) is 7.78. The van der Waals surface area contributed by atoms with E-state index < -0.39 is 6.67 Å². The van der Waals surface area contributed by atoms with Crippen molar-refractivity contribution in [1.82, 2.24) is 0 Å². The van der Waals surface area contributed by atoms with E-state index in [4.69, 9.17) is 19.9 Å². The summed E-state index contributed by atoms with van der Waals surface area (Å²) in [5.74, 6) is 0.798. The van der Waals surface area contributed by atoms with Gasteiger partial charge in [0.25, 0.3) is 0 Å². The fourth-order valence-electron chi connectivity index (χ4n) is 2.23. The molecule has 2 aromatic carbocycles. The molecular weight excluding hydrogens is 333 g/mol. The van der Waals surface area contributed by atoms with Crippen molar-refractivity contribution in [3.63, 3.8) is 0 Å². The Labute approximate surface area is 154 Å². The number of ether oxygens (including phenoxy) is 3. The van der Waals surface area contributed by atoms with Crippen LogP contribution >= 0.6 is 0 Å². The highest BCUT2D eigenvalue weighted by atomic mass is 19.1. The summed E-state index contributed by atoms with van der Waals surface area (Å²) in [6, 6.07) is 16.1. The first-order valence-corrected chi connectivity index (χ1v) is 8.73. The molecule has 0 spiro atoms. The van der Waals surface area contributed by atoms with Gasteiger partial charge in [0.15, 0.2) is 0 Å². The quantitative estimate of drug-likeness (QED) is 0.464. The summed E-state index contributed by atoms with van der Waals surface area (Å²) in [4.78, 5) is 0. The maximum Gasteiger partial charge on any atom is 0.119 e. The molecule has 0 saturated carbocycles. The Kier molecular flexibility index (Phi) is 9.43. The lowest BCUT2D eigenvalue weighted by Crippen LogP contribution is -2.11. The van der Waals surface area contributed by atoms with E-state index in [1.54, 1.807) is 0 Å². The van der Waals surface area contributed by atoms with E-state index in [-0.39, 0.29) is 6.61 Å². The molecule has 2 N–H and O–H groups in total. The van der Waals surface area contributed by atoms with Gasteiger partial charge in [0, 0.05) is 6.54 Å². The van der Waals surface area contributed by atoms with Gasteiger partial charge >= 0.3 is 0 Å². The van der Waals surface area contributed by atoms with Gasteiger partial charge in [-0.3, -0.25) is 0 Å². The Hall–Kier alpha value is -2.21. The summed E-state index contributed by atoms with van der Waals surface area (Å²) in [7, 11) is 0. The molecule has 5 heteroatoms. The molecule has 0 atom stereocenters. The van der Waals surface area contributed by atoms with Gasteiger partial charge in [-0.2, -0.15) is 0 Å². The van der Waals surface area contributed by atoms with Crippen molar-refractivity contribution in [3.8, 4) is 5.75 Å². The second-order valence-corrected chi connectivity index (χ2v) is 5.61. The number of rotatable bonds is 12. The average molecular weight is 359 g/mol. The molecule has 0 bridgehead atoms. The van der Waals surface area contributed by atoms with Crippen LogP contribution in [-0.2, 0) is 16.0 Å². The maximum absolute atomic E-state index is 11.8. The molecule has 0 amide bonds. The summed E-state index contributed by atoms with van der Waals surface area (Å²) in [6.07, 6.45) is 4.12. The number of hydrogen-bond donors (Lipinski definition) is 1. The van der Waals surface area contributed by atoms with Crippen LogP contribution in [0.3, 0.4) is 0 Å². The molecule has 0 aliphatic carbocycles. The van der Waals surface area contributed by atoms with E-state index in [0.29, 0.717) is 33.0 Å². The standard InChI is InChI=1S/C21H26FNO3/c22-11-12-24-13-14-25-15-16-26-21-9-7-19(8-10-21)2-1-18-3-5-20(17-23)6-4-18/h1-10H,11-17,23H2/b2-1+. The van der Waals surface area contributed by atoms with E-state index in [2.05, 4.69) is 24.3 Å². The van der Waals surface area contributed by atoms with Crippen LogP contribution in [0.1, 0.15) is 16.7 Å². The zero-order chi connectivity index (χ0) is 18.5. The van der Waals surface area contributed by atoms with Crippen molar-refractivity contribution in [2.24, 2.45) is 5.73 Å². The summed E-state index contributed by atoms with van der Waals surface area (Å²) in [5, 5.41) is 0. The smallest absolute Gasteiger partial charge is 0.119 e. The predicted molar refractivity (Wildman–Crippen MR) is 103 cm³/mol. The Balaban J connectivity index is 1.68. The summed E-state index contributed by atoms with van der Waals surface area (Å²) >= 11 is 0. The first-order valence-electron chi connectivity index (χ1n) is 8.73. The van der Waals surface area contributed by atoms with E-state index in [1.807, 2.05) is 36.4 Å². The summed E-state index contributed by atoms with van der Waals surface area (Å²) < 4.78 is 27.7. The first-order chi connectivity index (χ1) is 12.8. The van der Waals surface area contributed by atoms with Crippen LogP contribution in [0, 0.1) is 0 Å². The maximum atomic E-state index is 11.8. The van der Waals surface area contributed by atoms with Gasteiger partial charge in [-0.15, -0.1) is 0 Å². The van der Waals surface area contributed by atoms with Crippen LogP contribution in [0.5, 0.6) is 5.75 Å². The van der Waals surface area contributed by atoms with E-state index in [1.165, 1.54) is 0 Å². The number of nitrogens with two attached hydrogens (primary N) is 1. The normalized spacial score (nSPS) is 11.2. The molecule has 4 nitrogen and oxygen atoms in total. The van der Waals surface area contributed by atoms with Crippen molar-refractivity contribution in [1.29, 1.82) is 0 Å². The Morgan fingerprint density at radius 1 is 0.731 bits per heavy atom. The van der Waals surface area contributed by atoms with Crippen LogP contribution in [0.2, 0.25) is 0 Å². The first kappa shape index (κ1) is 20.1. The zero-order valence-corrected chi connectivity index (χ0v) is 14.9. The molecule has 0 radical (unpaired) electrons. The fourth-order valence-corrected chi connectivity index (χ4v) is 2.23. The summed E-state index contributed by atoms with van der Waals surface area (Å²) in [6.45, 7) is 2.00. The van der Waals surface area contributed by atoms with Gasteiger partial charge in [0.05, 0.1) is 26.4 Å².